The smallest absolute Gasteiger partial charge is 0.381 e. The summed E-state index contributed by atoms with van der Waals surface area (Å²) in [5.41, 5.74) is 5.14. The molecule has 1 saturated heterocycles. The highest BCUT2D eigenvalue weighted by Gasteiger charge is 2.44. The van der Waals surface area contributed by atoms with Gasteiger partial charge in [0.1, 0.15) is 6.04 Å². The van der Waals surface area contributed by atoms with Gasteiger partial charge in [0.25, 0.3) is 0 Å². The summed E-state index contributed by atoms with van der Waals surface area (Å²) in [5, 5.41) is 2.07. The number of amides is 1. The van der Waals surface area contributed by atoms with E-state index in [0.29, 0.717) is 5.56 Å². The molecule has 1 aromatic rings. The van der Waals surface area contributed by atoms with Crippen LogP contribution < -0.4 is 11.1 Å². The minimum absolute atomic E-state index is 0. The summed E-state index contributed by atoms with van der Waals surface area (Å²) in [4.78, 5) is 12.2. The number of carbonyl (C=O) groups excluding carboxylic acids is 1. The van der Waals surface area contributed by atoms with Crippen LogP contribution in [0.4, 0.5) is 13.2 Å². The number of hydrogen-bond acceptors (Lipinski definition) is 3. The van der Waals surface area contributed by atoms with E-state index in [1.54, 1.807) is 30.3 Å². The average Bonchev–Trinajstić information content (AvgIpc) is 2.47. The summed E-state index contributed by atoms with van der Waals surface area (Å²) < 4.78 is 44.6. The topological polar surface area (TPSA) is 64.4 Å². The number of ether oxygens (including phenoxy) is 1. The van der Waals surface area contributed by atoms with E-state index < -0.39 is 23.7 Å². The predicted molar refractivity (Wildman–Crippen MR) is 82.4 cm³/mol. The molecular weight excluding hydrogens is 333 g/mol. The summed E-state index contributed by atoms with van der Waals surface area (Å²) in [7, 11) is 0. The number of benzene rings is 1. The summed E-state index contributed by atoms with van der Waals surface area (Å²) in [6.07, 6.45) is -4.42. The first-order chi connectivity index (χ1) is 10.3. The van der Waals surface area contributed by atoms with Crippen LogP contribution >= 0.6 is 12.4 Å². The van der Waals surface area contributed by atoms with Gasteiger partial charge in [0.2, 0.25) is 5.91 Å². The van der Waals surface area contributed by atoms with E-state index in [4.69, 9.17) is 10.5 Å². The third-order valence-corrected chi connectivity index (χ3v) is 3.82. The Kier molecular flexibility index (Phi) is 6.85. The van der Waals surface area contributed by atoms with Crippen LogP contribution in [-0.2, 0) is 16.0 Å². The van der Waals surface area contributed by atoms with Crippen molar-refractivity contribution in [2.45, 2.75) is 37.0 Å². The van der Waals surface area contributed by atoms with Crippen molar-refractivity contribution in [2.75, 3.05) is 13.2 Å². The van der Waals surface area contributed by atoms with Gasteiger partial charge in [-0.3, -0.25) is 4.79 Å². The van der Waals surface area contributed by atoms with Crippen molar-refractivity contribution < 1.29 is 22.7 Å². The largest absolute Gasteiger partial charge is 0.408 e. The molecule has 2 rings (SSSR count). The second kappa shape index (κ2) is 7.99. The number of hydrogen-bond donors (Lipinski definition) is 2. The molecule has 0 bridgehead atoms. The van der Waals surface area contributed by atoms with E-state index in [0.717, 1.165) is 0 Å². The van der Waals surface area contributed by atoms with Gasteiger partial charge in [-0.25, -0.2) is 0 Å². The van der Waals surface area contributed by atoms with Crippen molar-refractivity contribution >= 4 is 18.3 Å². The van der Waals surface area contributed by atoms with E-state index in [-0.39, 0.29) is 44.9 Å². The van der Waals surface area contributed by atoms with E-state index >= 15 is 0 Å². The van der Waals surface area contributed by atoms with Gasteiger partial charge in [-0.1, -0.05) is 30.3 Å². The van der Waals surface area contributed by atoms with E-state index in [2.05, 4.69) is 5.32 Å². The van der Waals surface area contributed by atoms with Gasteiger partial charge in [-0.05, 0) is 18.4 Å². The third-order valence-electron chi connectivity index (χ3n) is 3.82. The molecule has 0 aliphatic carbocycles. The van der Waals surface area contributed by atoms with Gasteiger partial charge in [0.15, 0.2) is 0 Å². The summed E-state index contributed by atoms with van der Waals surface area (Å²) in [6, 6.07) is 6.28. The van der Waals surface area contributed by atoms with Gasteiger partial charge < -0.3 is 15.8 Å². The lowest BCUT2D eigenvalue weighted by atomic mass is 9.89. The van der Waals surface area contributed by atoms with E-state index in [1.807, 2.05) is 0 Å². The SMILES string of the molecule is Cl.NC1(C(=O)NC(Cc2ccccc2)C(F)(F)F)CCOCC1. The number of halogens is 4. The Morgan fingerprint density at radius 2 is 1.83 bits per heavy atom. The maximum absolute atomic E-state index is 13.2. The van der Waals surface area contributed by atoms with Crippen LogP contribution in [0.15, 0.2) is 30.3 Å². The molecule has 1 fully saturated rings. The molecule has 1 aromatic carbocycles. The van der Waals surface area contributed by atoms with Crippen LogP contribution in [0.1, 0.15) is 18.4 Å². The van der Waals surface area contributed by atoms with Crippen LogP contribution in [0.5, 0.6) is 0 Å². The monoisotopic (exact) mass is 352 g/mol. The molecule has 1 aliphatic rings. The molecule has 0 saturated carbocycles. The highest BCUT2D eigenvalue weighted by atomic mass is 35.5. The molecule has 1 amide bonds. The molecule has 130 valence electrons. The number of nitrogens with one attached hydrogen (secondary N) is 1. The van der Waals surface area contributed by atoms with Crippen LogP contribution in [0.3, 0.4) is 0 Å². The van der Waals surface area contributed by atoms with Gasteiger partial charge in [0.05, 0.1) is 5.54 Å². The molecule has 8 heteroatoms. The Balaban J connectivity index is 0.00000264. The Labute approximate surface area is 139 Å². The van der Waals surface area contributed by atoms with Gasteiger partial charge in [0, 0.05) is 19.6 Å². The lowest BCUT2D eigenvalue weighted by Crippen LogP contribution is -2.61. The fourth-order valence-corrected chi connectivity index (χ4v) is 2.36. The zero-order chi connectivity index (χ0) is 16.2. The molecule has 0 radical (unpaired) electrons. The number of nitrogens with two attached hydrogens (primary N) is 1. The van der Waals surface area contributed by atoms with Crippen molar-refractivity contribution in [2.24, 2.45) is 5.73 Å². The van der Waals surface area contributed by atoms with Gasteiger partial charge in [-0.2, -0.15) is 13.2 Å². The summed E-state index contributed by atoms with van der Waals surface area (Å²) in [6.45, 7) is 0.554. The van der Waals surface area contributed by atoms with Crippen LogP contribution in [0, 0.1) is 0 Å². The molecule has 4 nitrogen and oxygen atoms in total. The summed E-state index contributed by atoms with van der Waals surface area (Å²) in [5.74, 6) is -0.769. The fourth-order valence-electron chi connectivity index (χ4n) is 2.36. The number of carbonyl (C=O) groups is 1. The first kappa shape index (κ1) is 19.7. The molecule has 3 N–H and O–H groups in total. The Bertz CT molecular complexity index is 505. The summed E-state index contributed by atoms with van der Waals surface area (Å²) >= 11 is 0. The lowest BCUT2D eigenvalue weighted by Gasteiger charge is -2.34. The Morgan fingerprint density at radius 3 is 2.35 bits per heavy atom. The highest BCUT2D eigenvalue weighted by molar-refractivity contribution is 5.86. The molecule has 1 aliphatic heterocycles. The quantitative estimate of drug-likeness (QED) is 0.873. The molecule has 0 aromatic heterocycles. The van der Waals surface area contributed by atoms with E-state index in [1.165, 1.54) is 0 Å². The third kappa shape index (κ3) is 5.37. The Morgan fingerprint density at radius 1 is 1.26 bits per heavy atom. The van der Waals surface area contributed by atoms with Gasteiger partial charge in [-0.15, -0.1) is 12.4 Å². The van der Waals surface area contributed by atoms with Crippen molar-refractivity contribution in [1.82, 2.24) is 5.32 Å². The van der Waals surface area contributed by atoms with Crippen molar-refractivity contribution in [3.8, 4) is 0 Å². The predicted octanol–water partition coefficient (Wildman–Crippen LogP) is 2.21. The molecule has 1 heterocycles. The van der Waals surface area contributed by atoms with Crippen LogP contribution in [0.2, 0.25) is 0 Å². The first-order valence-electron chi connectivity index (χ1n) is 7.09. The average molecular weight is 353 g/mol. The van der Waals surface area contributed by atoms with Crippen molar-refractivity contribution in [3.05, 3.63) is 35.9 Å². The standard InChI is InChI=1S/C15H19F3N2O2.ClH/c16-15(17,18)12(10-11-4-2-1-3-5-11)20-13(21)14(19)6-8-22-9-7-14;/h1-5,12H,6-10,19H2,(H,20,21);1H. The normalized spacial score (nSPS) is 18.6. The molecular formula is C15H20ClF3N2O2. The van der Waals surface area contributed by atoms with Crippen molar-refractivity contribution in [3.63, 3.8) is 0 Å². The molecule has 23 heavy (non-hydrogen) atoms. The molecule has 0 spiro atoms. The first-order valence-corrected chi connectivity index (χ1v) is 7.09. The fraction of sp³-hybridized carbons (Fsp3) is 0.533. The highest BCUT2D eigenvalue weighted by Crippen LogP contribution is 2.25. The minimum atomic E-state index is -4.53. The van der Waals surface area contributed by atoms with Crippen LogP contribution in [-0.4, -0.2) is 36.9 Å². The second-order valence-corrected chi connectivity index (χ2v) is 5.53. The van der Waals surface area contributed by atoms with Crippen molar-refractivity contribution in [1.29, 1.82) is 0 Å². The maximum atomic E-state index is 13.2. The van der Waals surface area contributed by atoms with Crippen LogP contribution in [0.25, 0.3) is 0 Å². The lowest BCUT2D eigenvalue weighted by molar-refractivity contribution is -0.164. The number of rotatable bonds is 4. The maximum Gasteiger partial charge on any atom is 0.408 e. The Hall–Kier alpha value is -1.31. The number of alkyl halides is 3. The van der Waals surface area contributed by atoms with E-state index in [9.17, 15) is 18.0 Å². The molecule has 1 unspecified atom stereocenters. The second-order valence-electron chi connectivity index (χ2n) is 5.53. The molecule has 1 atom stereocenters. The minimum Gasteiger partial charge on any atom is -0.381 e. The van der Waals surface area contributed by atoms with Gasteiger partial charge >= 0.3 is 6.18 Å². The zero-order valence-electron chi connectivity index (χ0n) is 12.4. The zero-order valence-corrected chi connectivity index (χ0v) is 13.3.